The van der Waals surface area contributed by atoms with Crippen LogP contribution in [-0.2, 0) is 4.74 Å². The molecule has 0 amide bonds. The van der Waals surface area contributed by atoms with Crippen LogP contribution in [0.25, 0.3) is 0 Å². The van der Waals surface area contributed by atoms with E-state index in [1.165, 1.54) is 6.92 Å². The van der Waals surface area contributed by atoms with Crippen LogP contribution in [0.4, 0.5) is 26.3 Å². The Bertz CT molecular complexity index is 196. The van der Waals surface area contributed by atoms with Crippen LogP contribution in [0, 0.1) is 0 Å². The van der Waals surface area contributed by atoms with Gasteiger partial charge < -0.3 is 5.11 Å². The van der Waals surface area contributed by atoms with E-state index in [2.05, 4.69) is 4.74 Å². The van der Waals surface area contributed by atoms with Crippen LogP contribution in [0.1, 0.15) is 19.8 Å². The van der Waals surface area contributed by atoms with Crippen LogP contribution in [-0.4, -0.2) is 29.9 Å². The smallest absolute Gasteiger partial charge is 0.368 e. The van der Waals surface area contributed by atoms with Gasteiger partial charge in [0, 0.05) is 0 Å². The number of aliphatic hydroxyl groups excluding tert-OH is 1. The molecule has 0 aliphatic heterocycles. The first kappa shape index (κ1) is 14.5. The van der Waals surface area contributed by atoms with Crippen molar-refractivity contribution in [3.8, 4) is 0 Å². The van der Waals surface area contributed by atoms with Crippen LogP contribution in [0.3, 0.4) is 0 Å². The Morgan fingerprint density at radius 2 is 1.67 bits per heavy atom. The third kappa shape index (κ3) is 3.53. The van der Waals surface area contributed by atoms with Crippen molar-refractivity contribution in [2.24, 2.45) is 0 Å². The molecule has 1 atom stereocenters. The summed E-state index contributed by atoms with van der Waals surface area (Å²) in [5.41, 5.74) is 0. The number of rotatable bonds is 6. The van der Waals surface area contributed by atoms with Gasteiger partial charge in [0.25, 0.3) is 0 Å². The van der Waals surface area contributed by atoms with Crippen LogP contribution >= 0.6 is 0 Å². The molecule has 15 heavy (non-hydrogen) atoms. The normalized spacial score (nSPS) is 15.8. The fourth-order valence-electron chi connectivity index (χ4n) is 0.682. The zero-order valence-electron chi connectivity index (χ0n) is 7.69. The van der Waals surface area contributed by atoms with Crippen molar-refractivity contribution in [3.63, 3.8) is 0 Å². The maximum Gasteiger partial charge on any atom is 0.427 e. The van der Waals surface area contributed by atoms with E-state index in [0.717, 1.165) is 0 Å². The van der Waals surface area contributed by atoms with Crippen molar-refractivity contribution >= 4 is 0 Å². The number of ether oxygens (including phenoxy) is 1. The second-order valence-corrected chi connectivity index (χ2v) is 2.80. The first-order valence-corrected chi connectivity index (χ1v) is 4.04. The first-order chi connectivity index (χ1) is 6.65. The number of alkyl halides is 6. The summed E-state index contributed by atoms with van der Waals surface area (Å²) >= 11 is 0. The van der Waals surface area contributed by atoms with Gasteiger partial charge in [0.1, 0.15) is 0 Å². The summed E-state index contributed by atoms with van der Waals surface area (Å²) in [5.74, 6) is -5.62. The summed E-state index contributed by atoms with van der Waals surface area (Å²) in [5, 5.41) is 8.65. The van der Waals surface area contributed by atoms with Gasteiger partial charge in [-0.3, -0.25) is 4.74 Å². The van der Waals surface area contributed by atoms with E-state index < -0.39 is 24.7 Å². The highest BCUT2D eigenvalue weighted by atomic mass is 19.3. The fourth-order valence-corrected chi connectivity index (χ4v) is 0.682. The van der Waals surface area contributed by atoms with Gasteiger partial charge in [-0.25, -0.2) is 8.78 Å². The maximum absolute atomic E-state index is 12.4. The van der Waals surface area contributed by atoms with Gasteiger partial charge in [-0.05, 0) is 6.42 Å². The van der Waals surface area contributed by atoms with E-state index >= 15 is 0 Å². The average Bonchev–Trinajstić information content (AvgIpc) is 2.02. The summed E-state index contributed by atoms with van der Waals surface area (Å²) in [6.07, 6.45) is -12.3. The zero-order chi connectivity index (χ0) is 12.3. The molecule has 0 heterocycles. The SMILES string of the molecule is CCCC(O)OC(F)(F)C(F)(F)C(F)F. The minimum Gasteiger partial charge on any atom is -0.368 e. The van der Waals surface area contributed by atoms with Crippen LogP contribution < -0.4 is 0 Å². The van der Waals surface area contributed by atoms with Crippen LogP contribution in [0.5, 0.6) is 0 Å². The van der Waals surface area contributed by atoms with Crippen molar-refractivity contribution < 1.29 is 36.2 Å². The Morgan fingerprint density at radius 3 is 2.00 bits per heavy atom. The monoisotopic (exact) mass is 240 g/mol. The Hall–Kier alpha value is -0.500. The molecule has 0 aliphatic rings. The summed E-state index contributed by atoms with van der Waals surface area (Å²) in [7, 11) is 0. The molecule has 0 aromatic rings. The Balaban J connectivity index is 4.53. The summed E-state index contributed by atoms with van der Waals surface area (Å²) in [6, 6.07) is 0. The molecule has 2 nitrogen and oxygen atoms in total. The van der Waals surface area contributed by atoms with Crippen molar-refractivity contribution in [2.45, 2.75) is 44.5 Å². The van der Waals surface area contributed by atoms with Gasteiger partial charge >= 0.3 is 18.5 Å². The number of hydrogen-bond donors (Lipinski definition) is 1. The lowest BCUT2D eigenvalue weighted by Crippen LogP contribution is -2.49. The van der Waals surface area contributed by atoms with Gasteiger partial charge in [0.05, 0.1) is 0 Å². The highest BCUT2D eigenvalue weighted by Crippen LogP contribution is 2.40. The van der Waals surface area contributed by atoms with Gasteiger partial charge in [0.2, 0.25) is 0 Å². The Labute approximate surface area is 81.8 Å². The fraction of sp³-hybridized carbons (Fsp3) is 1.00. The van der Waals surface area contributed by atoms with Gasteiger partial charge in [-0.2, -0.15) is 17.6 Å². The predicted molar refractivity (Wildman–Crippen MR) is 37.9 cm³/mol. The van der Waals surface area contributed by atoms with Crippen LogP contribution in [0.15, 0.2) is 0 Å². The zero-order valence-corrected chi connectivity index (χ0v) is 7.69. The molecule has 0 aromatic carbocycles. The molecule has 1 unspecified atom stereocenters. The highest BCUT2D eigenvalue weighted by molar-refractivity contribution is 4.79. The first-order valence-electron chi connectivity index (χ1n) is 4.04. The van der Waals surface area contributed by atoms with E-state index in [0.29, 0.717) is 0 Å². The Kier molecular flexibility index (Phi) is 4.85. The summed E-state index contributed by atoms with van der Waals surface area (Å²) in [6.45, 7) is 1.47. The lowest BCUT2D eigenvalue weighted by molar-refractivity contribution is -0.405. The standard InChI is InChI=1S/C7H10F6O2/c1-2-3-4(14)15-7(12,13)6(10,11)5(8)9/h4-5,14H,2-3H2,1H3. The van der Waals surface area contributed by atoms with Crippen LogP contribution in [0.2, 0.25) is 0 Å². The number of aliphatic hydroxyl groups is 1. The molecule has 0 radical (unpaired) electrons. The number of hydrogen-bond acceptors (Lipinski definition) is 2. The number of halogens is 6. The largest absolute Gasteiger partial charge is 0.427 e. The molecule has 1 N–H and O–H groups in total. The van der Waals surface area contributed by atoms with E-state index in [-0.39, 0.29) is 12.8 Å². The Morgan fingerprint density at radius 1 is 1.20 bits per heavy atom. The van der Waals surface area contributed by atoms with Gasteiger partial charge in [0.15, 0.2) is 6.29 Å². The van der Waals surface area contributed by atoms with Crippen molar-refractivity contribution in [1.29, 1.82) is 0 Å². The minimum absolute atomic E-state index is 0.178. The van der Waals surface area contributed by atoms with E-state index in [1.807, 2.05) is 0 Å². The van der Waals surface area contributed by atoms with Crippen molar-refractivity contribution in [1.82, 2.24) is 0 Å². The van der Waals surface area contributed by atoms with Crippen molar-refractivity contribution in [3.05, 3.63) is 0 Å². The molecule has 0 aromatic heterocycles. The molecule has 0 saturated heterocycles. The quantitative estimate of drug-likeness (QED) is 0.571. The molecule has 0 spiro atoms. The molecule has 92 valence electrons. The predicted octanol–water partition coefficient (Wildman–Crippen LogP) is 2.61. The molecule has 0 bridgehead atoms. The molecule has 8 heteroatoms. The minimum atomic E-state index is -5.62. The topological polar surface area (TPSA) is 29.5 Å². The summed E-state index contributed by atoms with van der Waals surface area (Å²) < 4.78 is 75.5. The second kappa shape index (κ2) is 5.02. The molecule has 0 rings (SSSR count). The lowest BCUT2D eigenvalue weighted by atomic mass is 10.3. The maximum atomic E-state index is 12.4. The van der Waals surface area contributed by atoms with Crippen molar-refractivity contribution in [2.75, 3.05) is 0 Å². The van der Waals surface area contributed by atoms with E-state index in [9.17, 15) is 26.3 Å². The summed E-state index contributed by atoms with van der Waals surface area (Å²) in [4.78, 5) is 0. The highest BCUT2D eigenvalue weighted by Gasteiger charge is 2.65. The molecular formula is C7H10F6O2. The van der Waals surface area contributed by atoms with E-state index in [4.69, 9.17) is 5.11 Å². The molecule has 0 fully saturated rings. The average molecular weight is 240 g/mol. The van der Waals surface area contributed by atoms with Gasteiger partial charge in [-0.15, -0.1) is 0 Å². The van der Waals surface area contributed by atoms with E-state index in [1.54, 1.807) is 0 Å². The third-order valence-electron chi connectivity index (χ3n) is 1.48. The lowest BCUT2D eigenvalue weighted by Gasteiger charge is -2.27. The molecule has 0 saturated carbocycles. The molecule has 0 aliphatic carbocycles. The third-order valence-corrected chi connectivity index (χ3v) is 1.48. The van der Waals surface area contributed by atoms with Gasteiger partial charge in [-0.1, -0.05) is 13.3 Å². The second-order valence-electron chi connectivity index (χ2n) is 2.80. The molecular weight excluding hydrogens is 230 g/mol.